The molecular formula is C13H10N4. The lowest BCUT2D eigenvalue weighted by atomic mass is 10.1. The highest BCUT2D eigenvalue weighted by Gasteiger charge is 2.05. The van der Waals surface area contributed by atoms with Crippen LogP contribution in [0.25, 0.3) is 22.0 Å². The maximum Gasteiger partial charge on any atom is 0.142 e. The lowest BCUT2D eigenvalue weighted by Gasteiger charge is -2.05. The molecule has 4 heteroatoms. The molecule has 2 aromatic heterocycles. The summed E-state index contributed by atoms with van der Waals surface area (Å²) in [6.07, 6.45) is 6.84. The van der Waals surface area contributed by atoms with Crippen LogP contribution >= 0.6 is 0 Å². The molecule has 2 heterocycles. The molecule has 0 spiro atoms. The number of nitrogens with zero attached hydrogens (tertiary/aromatic N) is 3. The first-order valence-electron chi connectivity index (χ1n) is 5.25. The van der Waals surface area contributed by atoms with E-state index in [-0.39, 0.29) is 0 Å². The summed E-state index contributed by atoms with van der Waals surface area (Å²) in [5.41, 5.74) is 7.34. The minimum atomic E-state index is 0.412. The fourth-order valence-electron chi connectivity index (χ4n) is 1.83. The lowest BCUT2D eigenvalue weighted by molar-refractivity contribution is 1.21. The second-order valence-corrected chi connectivity index (χ2v) is 3.74. The van der Waals surface area contributed by atoms with Gasteiger partial charge < -0.3 is 5.73 Å². The summed E-state index contributed by atoms with van der Waals surface area (Å²) in [4.78, 5) is 12.5. The molecule has 82 valence electrons. The Hall–Kier alpha value is -2.49. The zero-order chi connectivity index (χ0) is 11.7. The fourth-order valence-corrected chi connectivity index (χ4v) is 1.83. The van der Waals surface area contributed by atoms with Gasteiger partial charge in [0.1, 0.15) is 5.82 Å². The summed E-state index contributed by atoms with van der Waals surface area (Å²) in [6, 6.07) is 8.03. The Morgan fingerprint density at radius 1 is 0.882 bits per heavy atom. The molecule has 4 nitrogen and oxygen atoms in total. The zero-order valence-corrected chi connectivity index (χ0v) is 9.04. The molecule has 0 radical (unpaired) electrons. The van der Waals surface area contributed by atoms with Gasteiger partial charge in [0.2, 0.25) is 0 Å². The third-order valence-corrected chi connectivity index (χ3v) is 2.60. The van der Waals surface area contributed by atoms with Gasteiger partial charge in [0, 0.05) is 23.3 Å². The van der Waals surface area contributed by atoms with Crippen molar-refractivity contribution in [1.29, 1.82) is 0 Å². The standard InChI is InChI=1S/C13H10N4/c14-13-8-16-7-12(17-13)11-6-15-5-9-3-1-2-4-10(9)11/h1-8H,(H2,14,17). The topological polar surface area (TPSA) is 64.7 Å². The number of hydrogen-bond acceptors (Lipinski definition) is 4. The van der Waals surface area contributed by atoms with E-state index in [1.165, 1.54) is 6.20 Å². The molecule has 0 saturated heterocycles. The number of pyridine rings is 1. The normalized spacial score (nSPS) is 10.6. The van der Waals surface area contributed by atoms with Crippen LogP contribution in [0.4, 0.5) is 5.82 Å². The number of nitrogens with two attached hydrogens (primary N) is 1. The number of nitrogen functional groups attached to an aromatic ring is 1. The van der Waals surface area contributed by atoms with Crippen molar-refractivity contribution in [2.75, 3.05) is 5.73 Å². The van der Waals surface area contributed by atoms with Crippen molar-refractivity contribution in [3.63, 3.8) is 0 Å². The van der Waals surface area contributed by atoms with Crippen LogP contribution in [-0.2, 0) is 0 Å². The smallest absolute Gasteiger partial charge is 0.142 e. The molecule has 0 aliphatic heterocycles. The zero-order valence-electron chi connectivity index (χ0n) is 9.04. The van der Waals surface area contributed by atoms with Crippen LogP contribution in [0.2, 0.25) is 0 Å². The summed E-state index contributed by atoms with van der Waals surface area (Å²) in [6.45, 7) is 0. The van der Waals surface area contributed by atoms with E-state index in [9.17, 15) is 0 Å². The molecule has 2 N–H and O–H groups in total. The largest absolute Gasteiger partial charge is 0.382 e. The summed E-state index contributed by atoms with van der Waals surface area (Å²) < 4.78 is 0. The van der Waals surface area contributed by atoms with Gasteiger partial charge in [-0.15, -0.1) is 0 Å². The van der Waals surface area contributed by atoms with Crippen LogP contribution in [0, 0.1) is 0 Å². The number of fused-ring (bicyclic) bond motifs is 1. The molecule has 0 aliphatic rings. The van der Waals surface area contributed by atoms with Crippen LogP contribution < -0.4 is 5.73 Å². The van der Waals surface area contributed by atoms with Crippen molar-refractivity contribution in [2.45, 2.75) is 0 Å². The molecule has 0 amide bonds. The quantitative estimate of drug-likeness (QED) is 0.686. The molecule has 0 atom stereocenters. The van der Waals surface area contributed by atoms with Gasteiger partial charge in [-0.1, -0.05) is 24.3 Å². The van der Waals surface area contributed by atoms with E-state index in [0.717, 1.165) is 22.0 Å². The average molecular weight is 222 g/mol. The van der Waals surface area contributed by atoms with Gasteiger partial charge in [0.25, 0.3) is 0 Å². The molecule has 0 saturated carbocycles. The van der Waals surface area contributed by atoms with Gasteiger partial charge in [-0.2, -0.15) is 0 Å². The molecule has 17 heavy (non-hydrogen) atoms. The van der Waals surface area contributed by atoms with Gasteiger partial charge in [0.15, 0.2) is 0 Å². The predicted octanol–water partition coefficient (Wildman–Crippen LogP) is 2.27. The number of benzene rings is 1. The van der Waals surface area contributed by atoms with E-state index in [0.29, 0.717) is 5.82 Å². The number of hydrogen-bond donors (Lipinski definition) is 1. The SMILES string of the molecule is Nc1cncc(-c2cncc3ccccc23)n1. The van der Waals surface area contributed by atoms with Crippen molar-refractivity contribution >= 4 is 16.6 Å². The van der Waals surface area contributed by atoms with Crippen LogP contribution in [0.3, 0.4) is 0 Å². The number of aromatic nitrogens is 3. The Morgan fingerprint density at radius 2 is 1.71 bits per heavy atom. The monoisotopic (exact) mass is 222 g/mol. The van der Waals surface area contributed by atoms with Gasteiger partial charge in [-0.25, -0.2) is 4.98 Å². The molecule has 0 bridgehead atoms. The Bertz CT molecular complexity index is 674. The predicted molar refractivity (Wildman–Crippen MR) is 67.2 cm³/mol. The highest BCUT2D eigenvalue weighted by molar-refractivity contribution is 5.94. The van der Waals surface area contributed by atoms with Crippen LogP contribution in [0.1, 0.15) is 0 Å². The Morgan fingerprint density at radius 3 is 2.59 bits per heavy atom. The average Bonchev–Trinajstić information content (AvgIpc) is 2.38. The van der Waals surface area contributed by atoms with E-state index < -0.39 is 0 Å². The first kappa shape index (κ1) is 9.72. The second-order valence-electron chi connectivity index (χ2n) is 3.74. The van der Waals surface area contributed by atoms with Gasteiger partial charge >= 0.3 is 0 Å². The minimum Gasteiger partial charge on any atom is -0.382 e. The summed E-state index contributed by atoms with van der Waals surface area (Å²) in [5, 5.41) is 2.18. The van der Waals surface area contributed by atoms with Crippen molar-refractivity contribution in [2.24, 2.45) is 0 Å². The molecular weight excluding hydrogens is 212 g/mol. The van der Waals surface area contributed by atoms with E-state index in [1.807, 2.05) is 30.5 Å². The van der Waals surface area contributed by atoms with Crippen molar-refractivity contribution in [3.05, 3.63) is 49.1 Å². The Labute approximate surface area is 98.2 Å². The summed E-state index contributed by atoms with van der Waals surface area (Å²) >= 11 is 0. The van der Waals surface area contributed by atoms with E-state index in [2.05, 4.69) is 15.0 Å². The van der Waals surface area contributed by atoms with Crippen LogP contribution in [0.5, 0.6) is 0 Å². The number of rotatable bonds is 1. The fraction of sp³-hybridized carbons (Fsp3) is 0. The Kier molecular flexibility index (Phi) is 2.19. The van der Waals surface area contributed by atoms with Crippen molar-refractivity contribution < 1.29 is 0 Å². The molecule has 0 aliphatic carbocycles. The minimum absolute atomic E-state index is 0.412. The molecule has 3 rings (SSSR count). The molecule has 1 aromatic carbocycles. The van der Waals surface area contributed by atoms with Crippen LogP contribution in [0.15, 0.2) is 49.1 Å². The van der Waals surface area contributed by atoms with Gasteiger partial charge in [-0.3, -0.25) is 9.97 Å². The van der Waals surface area contributed by atoms with Crippen molar-refractivity contribution in [1.82, 2.24) is 15.0 Å². The Balaban J connectivity index is 2.30. The maximum absolute atomic E-state index is 5.65. The number of anilines is 1. The third kappa shape index (κ3) is 1.69. The van der Waals surface area contributed by atoms with E-state index >= 15 is 0 Å². The first-order chi connectivity index (χ1) is 8.34. The van der Waals surface area contributed by atoms with Gasteiger partial charge in [-0.05, 0) is 5.39 Å². The van der Waals surface area contributed by atoms with Gasteiger partial charge in [0.05, 0.1) is 18.1 Å². The van der Waals surface area contributed by atoms with E-state index in [4.69, 9.17) is 5.73 Å². The van der Waals surface area contributed by atoms with Crippen molar-refractivity contribution in [3.8, 4) is 11.3 Å². The first-order valence-corrected chi connectivity index (χ1v) is 5.25. The third-order valence-electron chi connectivity index (χ3n) is 2.60. The summed E-state index contributed by atoms with van der Waals surface area (Å²) in [7, 11) is 0. The molecule has 3 aromatic rings. The van der Waals surface area contributed by atoms with E-state index in [1.54, 1.807) is 12.4 Å². The maximum atomic E-state index is 5.65. The lowest BCUT2D eigenvalue weighted by Crippen LogP contribution is -1.94. The van der Waals surface area contributed by atoms with Crippen LogP contribution in [-0.4, -0.2) is 15.0 Å². The molecule has 0 unspecified atom stereocenters. The highest BCUT2D eigenvalue weighted by atomic mass is 14.9. The summed E-state index contributed by atoms with van der Waals surface area (Å²) in [5.74, 6) is 0.412. The highest BCUT2D eigenvalue weighted by Crippen LogP contribution is 2.25. The molecule has 0 fully saturated rings. The second kappa shape index (κ2) is 3.83.